The Labute approximate surface area is 96.8 Å². The first kappa shape index (κ1) is 12.4. The van der Waals surface area contributed by atoms with Gasteiger partial charge in [-0.15, -0.1) is 11.3 Å². The second kappa shape index (κ2) is 5.41. The lowest BCUT2D eigenvalue weighted by atomic mass is 10.3. The highest BCUT2D eigenvalue weighted by Crippen LogP contribution is 2.18. The Morgan fingerprint density at radius 3 is 2.75 bits per heavy atom. The Morgan fingerprint density at radius 1 is 1.56 bits per heavy atom. The Hall–Kier alpha value is -1.69. The first-order valence-corrected chi connectivity index (χ1v) is 5.44. The number of aromatic nitrogens is 1. The van der Waals surface area contributed by atoms with Gasteiger partial charge < -0.3 is 10.4 Å². The average molecular weight is 240 g/mol. The Balaban J connectivity index is 2.55. The number of hydrogen-bond donors (Lipinski definition) is 2. The molecule has 6 heteroatoms. The zero-order valence-corrected chi connectivity index (χ0v) is 9.75. The molecule has 0 bridgehead atoms. The quantitative estimate of drug-likeness (QED) is 0.777. The SMILES string of the molecule is Cc1cnc(C(C)NC(=O)/C=C/C(=O)O)s1. The monoisotopic (exact) mass is 240 g/mol. The molecule has 1 atom stereocenters. The number of carbonyl (C=O) groups is 2. The summed E-state index contributed by atoms with van der Waals surface area (Å²) < 4.78 is 0. The van der Waals surface area contributed by atoms with Crippen LogP contribution in [0.15, 0.2) is 18.3 Å². The number of thiazole rings is 1. The molecule has 0 aliphatic rings. The van der Waals surface area contributed by atoms with E-state index in [2.05, 4.69) is 10.3 Å². The van der Waals surface area contributed by atoms with E-state index in [1.165, 1.54) is 11.3 Å². The molecule has 16 heavy (non-hydrogen) atoms. The summed E-state index contributed by atoms with van der Waals surface area (Å²) in [5, 5.41) is 11.8. The lowest BCUT2D eigenvalue weighted by molar-refractivity contribution is -0.131. The van der Waals surface area contributed by atoms with Gasteiger partial charge in [0.25, 0.3) is 0 Å². The number of hydrogen-bond acceptors (Lipinski definition) is 4. The van der Waals surface area contributed by atoms with Crippen molar-refractivity contribution in [1.82, 2.24) is 10.3 Å². The van der Waals surface area contributed by atoms with Crippen molar-refractivity contribution >= 4 is 23.2 Å². The van der Waals surface area contributed by atoms with E-state index in [4.69, 9.17) is 5.11 Å². The number of aryl methyl sites for hydroxylation is 1. The van der Waals surface area contributed by atoms with Crippen LogP contribution in [0.25, 0.3) is 0 Å². The molecule has 1 aromatic rings. The zero-order chi connectivity index (χ0) is 12.1. The average Bonchev–Trinajstić information content (AvgIpc) is 2.62. The van der Waals surface area contributed by atoms with Gasteiger partial charge in [0.15, 0.2) is 0 Å². The third-order valence-electron chi connectivity index (χ3n) is 1.75. The number of amides is 1. The fraction of sp³-hybridized carbons (Fsp3) is 0.300. The van der Waals surface area contributed by atoms with E-state index in [1.54, 1.807) is 13.1 Å². The van der Waals surface area contributed by atoms with Gasteiger partial charge in [-0.3, -0.25) is 4.79 Å². The lowest BCUT2D eigenvalue weighted by Crippen LogP contribution is -2.24. The maximum atomic E-state index is 11.3. The molecular formula is C10H12N2O3S. The lowest BCUT2D eigenvalue weighted by Gasteiger charge is -2.08. The van der Waals surface area contributed by atoms with Crippen LogP contribution in [0.5, 0.6) is 0 Å². The number of rotatable bonds is 4. The number of nitrogens with one attached hydrogen (secondary N) is 1. The zero-order valence-electron chi connectivity index (χ0n) is 8.93. The second-order valence-electron chi connectivity index (χ2n) is 3.21. The molecule has 86 valence electrons. The van der Waals surface area contributed by atoms with Gasteiger partial charge in [-0.1, -0.05) is 0 Å². The number of aliphatic carboxylic acids is 1. The molecule has 1 amide bonds. The van der Waals surface area contributed by atoms with E-state index in [0.717, 1.165) is 22.0 Å². The molecule has 1 heterocycles. The van der Waals surface area contributed by atoms with E-state index >= 15 is 0 Å². The van der Waals surface area contributed by atoms with Crippen LogP contribution in [-0.2, 0) is 9.59 Å². The standard InChI is InChI=1S/C10H12N2O3S/c1-6-5-11-10(16-6)7(2)12-8(13)3-4-9(14)15/h3-5,7H,1-2H3,(H,12,13)(H,14,15)/b4-3+. The van der Waals surface area contributed by atoms with Crippen molar-refractivity contribution in [2.45, 2.75) is 19.9 Å². The molecule has 1 rings (SSSR count). The molecule has 0 aromatic carbocycles. The highest BCUT2D eigenvalue weighted by atomic mass is 32.1. The van der Waals surface area contributed by atoms with E-state index in [9.17, 15) is 9.59 Å². The highest BCUT2D eigenvalue weighted by molar-refractivity contribution is 7.11. The van der Waals surface area contributed by atoms with Crippen molar-refractivity contribution < 1.29 is 14.7 Å². The van der Waals surface area contributed by atoms with Gasteiger partial charge in [0.05, 0.1) is 6.04 Å². The number of nitrogens with zero attached hydrogens (tertiary/aromatic N) is 1. The summed E-state index contributed by atoms with van der Waals surface area (Å²) in [4.78, 5) is 26.6. The van der Waals surface area contributed by atoms with Gasteiger partial charge in [-0.25, -0.2) is 9.78 Å². The molecule has 0 radical (unpaired) electrons. The van der Waals surface area contributed by atoms with Crippen LogP contribution in [-0.4, -0.2) is 22.0 Å². The molecule has 1 aromatic heterocycles. The summed E-state index contributed by atoms with van der Waals surface area (Å²) in [5.41, 5.74) is 0. The summed E-state index contributed by atoms with van der Waals surface area (Å²) in [6.07, 6.45) is 3.52. The van der Waals surface area contributed by atoms with Crippen molar-refractivity contribution in [3.63, 3.8) is 0 Å². The van der Waals surface area contributed by atoms with E-state index < -0.39 is 11.9 Å². The van der Waals surface area contributed by atoms with Crippen LogP contribution < -0.4 is 5.32 Å². The summed E-state index contributed by atoms with van der Waals surface area (Å²) in [6.45, 7) is 3.73. The molecule has 2 N–H and O–H groups in total. The van der Waals surface area contributed by atoms with Crippen LogP contribution in [0.1, 0.15) is 22.9 Å². The minimum Gasteiger partial charge on any atom is -0.478 e. The van der Waals surface area contributed by atoms with Crippen molar-refractivity contribution in [2.75, 3.05) is 0 Å². The van der Waals surface area contributed by atoms with Crippen LogP contribution in [0.3, 0.4) is 0 Å². The topological polar surface area (TPSA) is 79.3 Å². The predicted octanol–water partition coefficient (Wildman–Crippen LogP) is 1.27. The summed E-state index contributed by atoms with van der Waals surface area (Å²) in [7, 11) is 0. The van der Waals surface area contributed by atoms with Crippen LogP contribution in [0.4, 0.5) is 0 Å². The smallest absolute Gasteiger partial charge is 0.328 e. The van der Waals surface area contributed by atoms with Crippen LogP contribution in [0, 0.1) is 6.92 Å². The van der Waals surface area contributed by atoms with Crippen LogP contribution >= 0.6 is 11.3 Å². The van der Waals surface area contributed by atoms with Crippen molar-refractivity contribution in [1.29, 1.82) is 0 Å². The van der Waals surface area contributed by atoms with Gasteiger partial charge in [0, 0.05) is 23.2 Å². The molecule has 0 saturated heterocycles. The van der Waals surface area contributed by atoms with Gasteiger partial charge in [-0.2, -0.15) is 0 Å². The first-order valence-electron chi connectivity index (χ1n) is 4.63. The molecule has 0 fully saturated rings. The van der Waals surface area contributed by atoms with Crippen LogP contribution in [0.2, 0.25) is 0 Å². The third-order valence-corrected chi connectivity index (χ3v) is 2.84. The number of carbonyl (C=O) groups excluding carboxylic acids is 1. The summed E-state index contributed by atoms with van der Waals surface area (Å²) >= 11 is 1.50. The van der Waals surface area contributed by atoms with Gasteiger partial charge in [0.1, 0.15) is 5.01 Å². The fourth-order valence-corrected chi connectivity index (χ4v) is 1.82. The molecule has 0 spiro atoms. The van der Waals surface area contributed by atoms with Crippen molar-refractivity contribution in [3.8, 4) is 0 Å². The Kier molecular flexibility index (Phi) is 4.19. The molecular weight excluding hydrogens is 228 g/mol. The van der Waals surface area contributed by atoms with E-state index in [0.29, 0.717) is 0 Å². The minimum atomic E-state index is -1.15. The summed E-state index contributed by atoms with van der Waals surface area (Å²) in [6, 6.07) is -0.218. The van der Waals surface area contributed by atoms with Gasteiger partial charge >= 0.3 is 5.97 Å². The minimum absolute atomic E-state index is 0.218. The largest absolute Gasteiger partial charge is 0.478 e. The Morgan fingerprint density at radius 2 is 2.25 bits per heavy atom. The third kappa shape index (κ3) is 3.82. The Bertz CT molecular complexity index is 425. The molecule has 0 aliphatic carbocycles. The van der Waals surface area contributed by atoms with E-state index in [1.807, 2.05) is 6.92 Å². The molecule has 0 aliphatic heterocycles. The summed E-state index contributed by atoms with van der Waals surface area (Å²) in [5.74, 6) is -1.59. The van der Waals surface area contributed by atoms with Crippen molar-refractivity contribution in [3.05, 3.63) is 28.2 Å². The maximum absolute atomic E-state index is 11.3. The number of carboxylic acids is 1. The number of carboxylic acid groups (broad SMARTS) is 1. The maximum Gasteiger partial charge on any atom is 0.328 e. The fourth-order valence-electron chi connectivity index (χ4n) is 1.04. The molecule has 1 unspecified atom stereocenters. The molecule has 5 nitrogen and oxygen atoms in total. The molecule has 0 saturated carbocycles. The predicted molar refractivity (Wildman–Crippen MR) is 60.2 cm³/mol. The van der Waals surface area contributed by atoms with E-state index in [-0.39, 0.29) is 6.04 Å². The normalized spacial score (nSPS) is 12.6. The van der Waals surface area contributed by atoms with Gasteiger partial charge in [0.2, 0.25) is 5.91 Å². The van der Waals surface area contributed by atoms with Crippen molar-refractivity contribution in [2.24, 2.45) is 0 Å². The highest BCUT2D eigenvalue weighted by Gasteiger charge is 2.10. The first-order chi connectivity index (χ1) is 7.49. The second-order valence-corrected chi connectivity index (χ2v) is 4.48. The van der Waals surface area contributed by atoms with Gasteiger partial charge in [-0.05, 0) is 13.8 Å².